The van der Waals surface area contributed by atoms with Gasteiger partial charge in [-0.25, -0.2) is 18.1 Å². The summed E-state index contributed by atoms with van der Waals surface area (Å²) in [6, 6.07) is 0. The lowest BCUT2D eigenvalue weighted by Gasteiger charge is -2.09. The molecule has 0 radical (unpaired) electrons. The van der Waals surface area contributed by atoms with Crippen LogP contribution in [-0.4, -0.2) is 24.1 Å². The summed E-state index contributed by atoms with van der Waals surface area (Å²) >= 11 is 0. The van der Waals surface area contributed by atoms with Gasteiger partial charge in [0.1, 0.15) is 5.82 Å². The summed E-state index contributed by atoms with van der Waals surface area (Å²) in [5.41, 5.74) is 0. The molecule has 0 fully saturated rings. The quantitative estimate of drug-likeness (QED) is 0.763. The molecule has 1 aromatic rings. The Morgan fingerprint density at radius 1 is 1.60 bits per heavy atom. The molecule has 0 saturated carbocycles. The molecule has 1 aromatic heterocycles. The third kappa shape index (κ3) is 4.44. The molecule has 0 aliphatic rings. The Balaban J connectivity index is 2.43. The number of nitrogens with zero attached hydrogens (tertiary/aromatic N) is 1. The maximum atomic E-state index is 11.5. The van der Waals surface area contributed by atoms with Gasteiger partial charge in [-0.1, -0.05) is 20.3 Å². The Kier molecular flexibility index (Phi) is 4.28. The molecule has 2 N–H and O–H groups in total. The number of H-pyrrole nitrogens is 1. The summed E-state index contributed by atoms with van der Waals surface area (Å²) in [5, 5.41) is 0. The van der Waals surface area contributed by atoms with Crippen LogP contribution in [0.1, 0.15) is 26.1 Å². The maximum absolute atomic E-state index is 11.5. The predicted molar refractivity (Wildman–Crippen MR) is 58.7 cm³/mol. The van der Waals surface area contributed by atoms with Gasteiger partial charge in [0.05, 0.1) is 12.3 Å². The van der Waals surface area contributed by atoms with Crippen LogP contribution in [0.3, 0.4) is 0 Å². The highest BCUT2D eigenvalue weighted by Crippen LogP contribution is 2.04. The van der Waals surface area contributed by atoms with E-state index in [1.54, 1.807) is 12.4 Å². The molecule has 1 heterocycles. The second kappa shape index (κ2) is 5.27. The lowest BCUT2D eigenvalue weighted by Crippen LogP contribution is -2.29. The topological polar surface area (TPSA) is 74.8 Å². The first-order valence-electron chi connectivity index (χ1n) is 4.99. The minimum absolute atomic E-state index is 0.171. The highest BCUT2D eigenvalue weighted by molar-refractivity contribution is 7.89. The number of hydrogen-bond acceptors (Lipinski definition) is 3. The van der Waals surface area contributed by atoms with E-state index in [1.165, 1.54) is 0 Å². The van der Waals surface area contributed by atoms with E-state index in [9.17, 15) is 8.42 Å². The zero-order chi connectivity index (χ0) is 11.3. The van der Waals surface area contributed by atoms with E-state index in [1.807, 2.05) is 13.8 Å². The molecule has 0 aromatic carbocycles. The average molecular weight is 231 g/mol. The maximum Gasteiger partial charge on any atom is 0.212 e. The van der Waals surface area contributed by atoms with Crippen LogP contribution in [0, 0.1) is 5.92 Å². The van der Waals surface area contributed by atoms with Crippen molar-refractivity contribution in [2.45, 2.75) is 26.8 Å². The van der Waals surface area contributed by atoms with Crippen molar-refractivity contribution in [3.8, 4) is 0 Å². The largest absolute Gasteiger partial charge is 0.347 e. The van der Waals surface area contributed by atoms with Crippen molar-refractivity contribution in [1.82, 2.24) is 14.7 Å². The van der Waals surface area contributed by atoms with Gasteiger partial charge in [0.25, 0.3) is 0 Å². The summed E-state index contributed by atoms with van der Waals surface area (Å²) in [4.78, 5) is 6.78. The second-order valence-electron chi connectivity index (χ2n) is 3.65. The van der Waals surface area contributed by atoms with Crippen LogP contribution in [0.5, 0.6) is 0 Å². The summed E-state index contributed by atoms with van der Waals surface area (Å²) < 4.78 is 25.6. The molecule has 0 aliphatic heterocycles. The molecule has 0 saturated heterocycles. The van der Waals surface area contributed by atoms with Crippen LogP contribution < -0.4 is 4.72 Å². The van der Waals surface area contributed by atoms with Crippen LogP contribution in [0.15, 0.2) is 12.4 Å². The van der Waals surface area contributed by atoms with E-state index in [-0.39, 0.29) is 18.2 Å². The van der Waals surface area contributed by atoms with Crippen molar-refractivity contribution < 1.29 is 8.42 Å². The molecule has 0 bridgehead atoms. The van der Waals surface area contributed by atoms with Gasteiger partial charge in [0.15, 0.2) is 0 Å². The molecule has 6 heteroatoms. The summed E-state index contributed by atoms with van der Waals surface area (Å²) in [7, 11) is -3.18. The predicted octanol–water partition coefficient (Wildman–Crippen LogP) is 0.875. The van der Waals surface area contributed by atoms with Gasteiger partial charge in [-0.3, -0.25) is 0 Å². The Morgan fingerprint density at radius 3 is 2.87 bits per heavy atom. The Hall–Kier alpha value is -0.880. The van der Waals surface area contributed by atoms with Gasteiger partial charge in [-0.2, -0.15) is 0 Å². The van der Waals surface area contributed by atoms with Crippen LogP contribution in [-0.2, 0) is 16.6 Å². The number of rotatable bonds is 6. The second-order valence-corrected chi connectivity index (χ2v) is 5.50. The minimum atomic E-state index is -3.18. The van der Waals surface area contributed by atoms with Crippen molar-refractivity contribution in [2.75, 3.05) is 5.75 Å². The van der Waals surface area contributed by atoms with Crippen molar-refractivity contribution in [2.24, 2.45) is 5.92 Å². The molecule has 0 amide bonds. The summed E-state index contributed by atoms with van der Waals surface area (Å²) in [5.74, 6) is 0.978. The van der Waals surface area contributed by atoms with Crippen molar-refractivity contribution >= 4 is 10.0 Å². The number of sulfonamides is 1. The summed E-state index contributed by atoms with van der Waals surface area (Å²) in [6.07, 6.45) is 4.12. The zero-order valence-corrected chi connectivity index (χ0v) is 9.84. The van der Waals surface area contributed by atoms with E-state index in [4.69, 9.17) is 0 Å². The van der Waals surface area contributed by atoms with Crippen molar-refractivity contribution in [3.05, 3.63) is 18.2 Å². The van der Waals surface area contributed by atoms with E-state index in [2.05, 4.69) is 14.7 Å². The summed E-state index contributed by atoms with van der Waals surface area (Å²) in [6.45, 7) is 4.13. The average Bonchev–Trinajstić information content (AvgIpc) is 2.66. The lowest BCUT2D eigenvalue weighted by molar-refractivity contribution is 0.551. The standard InChI is InChI=1S/C9H17N3O2S/c1-3-8(2)7-15(13,14)12-6-9-10-4-5-11-9/h4-5,8,12H,3,6-7H2,1-2H3,(H,10,11)/t8-/m1/s1. The third-order valence-electron chi connectivity index (χ3n) is 2.22. The number of aromatic nitrogens is 2. The highest BCUT2D eigenvalue weighted by atomic mass is 32.2. The molecule has 5 nitrogen and oxygen atoms in total. The van der Waals surface area contributed by atoms with Gasteiger partial charge in [0.2, 0.25) is 10.0 Å². The smallest absolute Gasteiger partial charge is 0.212 e. The Morgan fingerprint density at radius 2 is 2.33 bits per heavy atom. The van der Waals surface area contributed by atoms with Gasteiger partial charge >= 0.3 is 0 Å². The molecular formula is C9H17N3O2S. The molecule has 1 atom stereocenters. The first-order valence-corrected chi connectivity index (χ1v) is 6.64. The lowest BCUT2D eigenvalue weighted by atomic mass is 10.2. The SMILES string of the molecule is CC[C@@H](C)CS(=O)(=O)NCc1ncc[nH]1. The fourth-order valence-electron chi connectivity index (χ4n) is 1.12. The normalized spacial score (nSPS) is 14.0. The van der Waals surface area contributed by atoms with Gasteiger partial charge in [-0.15, -0.1) is 0 Å². The molecule has 86 valence electrons. The first kappa shape index (κ1) is 12.2. The minimum Gasteiger partial charge on any atom is -0.347 e. The van der Waals surface area contributed by atoms with Crippen LogP contribution >= 0.6 is 0 Å². The number of hydrogen-bond donors (Lipinski definition) is 2. The van der Waals surface area contributed by atoms with E-state index in [0.29, 0.717) is 5.82 Å². The third-order valence-corrected chi connectivity index (χ3v) is 3.81. The van der Waals surface area contributed by atoms with Crippen LogP contribution in [0.4, 0.5) is 0 Å². The molecule has 0 spiro atoms. The zero-order valence-electron chi connectivity index (χ0n) is 9.03. The Bertz CT molecular complexity index is 372. The Labute approximate surface area is 90.4 Å². The van der Waals surface area contributed by atoms with Crippen molar-refractivity contribution in [1.29, 1.82) is 0 Å². The number of aromatic amines is 1. The number of imidazole rings is 1. The van der Waals surface area contributed by atoms with E-state index < -0.39 is 10.0 Å². The van der Waals surface area contributed by atoms with Crippen molar-refractivity contribution in [3.63, 3.8) is 0 Å². The number of nitrogens with one attached hydrogen (secondary N) is 2. The molecule has 0 unspecified atom stereocenters. The fourth-order valence-corrected chi connectivity index (χ4v) is 2.58. The van der Waals surface area contributed by atoms with E-state index in [0.717, 1.165) is 6.42 Å². The van der Waals surface area contributed by atoms with Gasteiger partial charge < -0.3 is 4.98 Å². The van der Waals surface area contributed by atoms with Gasteiger partial charge in [-0.05, 0) is 5.92 Å². The van der Waals surface area contributed by atoms with Crippen LogP contribution in [0.2, 0.25) is 0 Å². The molecule has 0 aliphatic carbocycles. The van der Waals surface area contributed by atoms with Gasteiger partial charge in [0, 0.05) is 12.4 Å². The fraction of sp³-hybridized carbons (Fsp3) is 0.667. The van der Waals surface area contributed by atoms with Crippen LogP contribution in [0.25, 0.3) is 0 Å². The highest BCUT2D eigenvalue weighted by Gasteiger charge is 2.14. The molecule has 15 heavy (non-hydrogen) atoms. The van der Waals surface area contributed by atoms with E-state index >= 15 is 0 Å². The molecular weight excluding hydrogens is 214 g/mol. The first-order chi connectivity index (χ1) is 7.03. The monoisotopic (exact) mass is 231 g/mol. The molecule has 1 rings (SSSR count).